The summed E-state index contributed by atoms with van der Waals surface area (Å²) < 4.78 is 0. The lowest BCUT2D eigenvalue weighted by Gasteiger charge is -2.28. The third-order valence-corrected chi connectivity index (χ3v) is 3.19. The van der Waals surface area contributed by atoms with Gasteiger partial charge in [0.15, 0.2) is 0 Å². The number of nitrogens with zero attached hydrogens (tertiary/aromatic N) is 3. The molecule has 0 bridgehead atoms. The predicted octanol–water partition coefficient (Wildman–Crippen LogP) is 0.346. The Morgan fingerprint density at radius 2 is 2.00 bits per heavy atom. The van der Waals surface area contributed by atoms with Gasteiger partial charge in [-0.15, -0.1) is 0 Å². The van der Waals surface area contributed by atoms with Gasteiger partial charge in [0, 0.05) is 38.2 Å². The maximum atomic E-state index is 5.77. The van der Waals surface area contributed by atoms with E-state index < -0.39 is 0 Å². The van der Waals surface area contributed by atoms with Crippen LogP contribution in [-0.4, -0.2) is 36.1 Å². The van der Waals surface area contributed by atoms with Crippen LogP contribution in [0.3, 0.4) is 0 Å². The number of piperazine rings is 1. The number of anilines is 2. The molecule has 5 nitrogen and oxygen atoms in total. The Labute approximate surface area is 95.1 Å². The van der Waals surface area contributed by atoms with E-state index in [4.69, 9.17) is 5.73 Å². The van der Waals surface area contributed by atoms with Gasteiger partial charge in [-0.05, 0) is 12.8 Å². The van der Waals surface area contributed by atoms with Crippen LogP contribution in [0.25, 0.3) is 0 Å². The molecule has 16 heavy (non-hydrogen) atoms. The van der Waals surface area contributed by atoms with Crippen molar-refractivity contribution in [3.05, 3.63) is 11.8 Å². The summed E-state index contributed by atoms with van der Waals surface area (Å²) >= 11 is 0. The zero-order valence-electron chi connectivity index (χ0n) is 9.32. The summed E-state index contributed by atoms with van der Waals surface area (Å²) in [6.07, 6.45) is 2.49. The number of nitrogens with two attached hydrogens (primary N) is 1. The minimum atomic E-state index is 0.415. The molecule has 0 radical (unpaired) electrons. The third-order valence-electron chi connectivity index (χ3n) is 3.19. The Bertz CT molecular complexity index is 382. The van der Waals surface area contributed by atoms with E-state index in [-0.39, 0.29) is 0 Å². The van der Waals surface area contributed by atoms with Crippen LogP contribution in [0.15, 0.2) is 6.07 Å². The Hall–Kier alpha value is -1.36. The second-order valence-electron chi connectivity index (χ2n) is 4.52. The predicted molar refractivity (Wildman–Crippen MR) is 63.5 cm³/mol. The van der Waals surface area contributed by atoms with E-state index in [9.17, 15) is 0 Å². The molecule has 0 aromatic carbocycles. The van der Waals surface area contributed by atoms with E-state index in [0.717, 1.165) is 37.7 Å². The number of hydrogen-bond donors (Lipinski definition) is 2. The lowest BCUT2D eigenvalue weighted by molar-refractivity contribution is 0.584. The van der Waals surface area contributed by atoms with Crippen molar-refractivity contribution in [2.24, 2.45) is 0 Å². The summed E-state index contributed by atoms with van der Waals surface area (Å²) in [5.41, 5.74) is 6.89. The molecule has 3 N–H and O–H groups in total. The first-order valence-electron chi connectivity index (χ1n) is 5.93. The number of nitrogens with one attached hydrogen (secondary N) is 1. The maximum absolute atomic E-state index is 5.77. The van der Waals surface area contributed by atoms with Crippen molar-refractivity contribution in [3.63, 3.8) is 0 Å². The van der Waals surface area contributed by atoms with Gasteiger partial charge in [-0.1, -0.05) is 0 Å². The third kappa shape index (κ3) is 1.95. The molecule has 1 aromatic heterocycles. The number of aromatic nitrogens is 2. The van der Waals surface area contributed by atoms with Crippen molar-refractivity contribution in [3.8, 4) is 0 Å². The fourth-order valence-corrected chi connectivity index (χ4v) is 2.12. The summed E-state index contributed by atoms with van der Waals surface area (Å²) in [5, 5.41) is 3.33. The summed E-state index contributed by atoms with van der Waals surface area (Å²) in [5.74, 6) is 2.04. The molecule has 1 aliphatic heterocycles. The van der Waals surface area contributed by atoms with Crippen LogP contribution >= 0.6 is 0 Å². The minimum absolute atomic E-state index is 0.415. The summed E-state index contributed by atoms with van der Waals surface area (Å²) in [4.78, 5) is 10.9. The molecule has 0 amide bonds. The summed E-state index contributed by atoms with van der Waals surface area (Å²) in [7, 11) is 0. The van der Waals surface area contributed by atoms with E-state index in [0.29, 0.717) is 11.9 Å². The van der Waals surface area contributed by atoms with E-state index in [2.05, 4.69) is 26.3 Å². The molecule has 1 aromatic rings. The van der Waals surface area contributed by atoms with Crippen LogP contribution in [0.1, 0.15) is 24.5 Å². The van der Waals surface area contributed by atoms with Gasteiger partial charge in [0.1, 0.15) is 5.82 Å². The van der Waals surface area contributed by atoms with E-state index >= 15 is 0 Å². The van der Waals surface area contributed by atoms with Crippen LogP contribution in [0.2, 0.25) is 0 Å². The Morgan fingerprint density at radius 1 is 1.25 bits per heavy atom. The second kappa shape index (κ2) is 3.90. The fraction of sp³-hybridized carbons (Fsp3) is 0.636. The summed E-state index contributed by atoms with van der Waals surface area (Å²) in [6.45, 7) is 4.03. The second-order valence-corrected chi connectivity index (χ2v) is 4.52. The van der Waals surface area contributed by atoms with Crippen LogP contribution in [0, 0.1) is 0 Å². The molecule has 86 valence electrons. The average Bonchev–Trinajstić information content (AvgIpc) is 3.13. The van der Waals surface area contributed by atoms with Gasteiger partial charge < -0.3 is 16.0 Å². The first-order valence-corrected chi connectivity index (χ1v) is 5.93. The molecular weight excluding hydrogens is 202 g/mol. The van der Waals surface area contributed by atoms with Crippen LogP contribution in [-0.2, 0) is 0 Å². The molecule has 2 heterocycles. The smallest absolute Gasteiger partial charge is 0.222 e. The molecule has 2 fully saturated rings. The highest BCUT2D eigenvalue weighted by Gasteiger charge is 2.26. The zero-order chi connectivity index (χ0) is 11.0. The first-order chi connectivity index (χ1) is 7.83. The molecule has 0 spiro atoms. The number of hydrogen-bond acceptors (Lipinski definition) is 5. The molecule has 2 aliphatic rings. The van der Waals surface area contributed by atoms with Gasteiger partial charge in [-0.25, -0.2) is 4.98 Å². The van der Waals surface area contributed by atoms with Crippen molar-refractivity contribution in [1.29, 1.82) is 0 Å². The van der Waals surface area contributed by atoms with Gasteiger partial charge in [0.2, 0.25) is 5.95 Å². The fourth-order valence-electron chi connectivity index (χ4n) is 2.12. The van der Waals surface area contributed by atoms with E-state index in [1.165, 1.54) is 12.8 Å². The molecule has 3 rings (SSSR count). The monoisotopic (exact) mass is 219 g/mol. The molecular formula is C11H17N5. The van der Waals surface area contributed by atoms with E-state index in [1.807, 2.05) is 0 Å². The lowest BCUT2D eigenvalue weighted by Crippen LogP contribution is -2.44. The van der Waals surface area contributed by atoms with Crippen molar-refractivity contribution >= 4 is 11.8 Å². The molecule has 1 aliphatic carbocycles. The Kier molecular flexibility index (Phi) is 2.40. The van der Waals surface area contributed by atoms with Gasteiger partial charge in [-0.2, -0.15) is 4.98 Å². The van der Waals surface area contributed by atoms with Gasteiger partial charge in [0.05, 0.1) is 5.69 Å². The topological polar surface area (TPSA) is 67.1 Å². The Morgan fingerprint density at radius 3 is 2.69 bits per heavy atom. The van der Waals surface area contributed by atoms with Gasteiger partial charge >= 0.3 is 0 Å². The minimum Gasteiger partial charge on any atom is -0.368 e. The lowest BCUT2D eigenvalue weighted by atomic mass is 10.2. The molecule has 1 saturated carbocycles. The van der Waals surface area contributed by atoms with Crippen molar-refractivity contribution in [2.45, 2.75) is 18.8 Å². The molecule has 1 saturated heterocycles. The van der Waals surface area contributed by atoms with Crippen LogP contribution in [0.4, 0.5) is 11.8 Å². The SMILES string of the molecule is Nc1nc(C2CC2)cc(N2CCNCC2)n1. The van der Waals surface area contributed by atoms with Crippen LogP contribution in [0.5, 0.6) is 0 Å². The van der Waals surface area contributed by atoms with Crippen molar-refractivity contribution in [1.82, 2.24) is 15.3 Å². The maximum Gasteiger partial charge on any atom is 0.222 e. The zero-order valence-corrected chi connectivity index (χ0v) is 9.32. The number of rotatable bonds is 2. The number of nitrogen functional groups attached to an aromatic ring is 1. The molecule has 5 heteroatoms. The highest BCUT2D eigenvalue weighted by molar-refractivity contribution is 5.45. The highest BCUT2D eigenvalue weighted by Crippen LogP contribution is 2.39. The first kappa shape index (κ1) is 9.84. The van der Waals surface area contributed by atoms with Crippen molar-refractivity contribution < 1.29 is 0 Å². The Balaban J connectivity index is 1.86. The van der Waals surface area contributed by atoms with Crippen LogP contribution < -0.4 is 16.0 Å². The van der Waals surface area contributed by atoms with Gasteiger partial charge in [-0.3, -0.25) is 0 Å². The normalized spacial score (nSPS) is 21.1. The van der Waals surface area contributed by atoms with E-state index in [1.54, 1.807) is 0 Å². The quantitative estimate of drug-likeness (QED) is 0.751. The average molecular weight is 219 g/mol. The standard InChI is InChI=1S/C11H17N5/c12-11-14-9(8-1-2-8)7-10(15-11)16-5-3-13-4-6-16/h7-8,13H,1-6H2,(H2,12,14,15). The largest absolute Gasteiger partial charge is 0.368 e. The highest BCUT2D eigenvalue weighted by atomic mass is 15.2. The summed E-state index contributed by atoms with van der Waals surface area (Å²) in [6, 6.07) is 2.11. The van der Waals surface area contributed by atoms with Gasteiger partial charge in [0.25, 0.3) is 0 Å². The molecule has 0 unspecified atom stereocenters. The molecule has 0 atom stereocenters. The van der Waals surface area contributed by atoms with Crippen molar-refractivity contribution in [2.75, 3.05) is 36.8 Å².